The average molecular weight is 232 g/mol. The molecule has 0 radical (unpaired) electrons. The Kier molecular flexibility index (Phi) is 4.06. The van der Waals surface area contributed by atoms with Gasteiger partial charge in [0.15, 0.2) is 0 Å². The lowest BCUT2D eigenvalue weighted by Gasteiger charge is -2.22. The molecule has 1 aromatic rings. The van der Waals surface area contributed by atoms with Crippen molar-refractivity contribution in [1.29, 1.82) is 0 Å². The Morgan fingerprint density at radius 2 is 2.18 bits per heavy atom. The smallest absolute Gasteiger partial charge is 0.0376 e. The highest BCUT2D eigenvalue weighted by Gasteiger charge is 2.11. The summed E-state index contributed by atoms with van der Waals surface area (Å²) in [7, 11) is 0. The number of rotatable bonds is 5. The lowest BCUT2D eigenvalue weighted by molar-refractivity contribution is 0.248. The van der Waals surface area contributed by atoms with Gasteiger partial charge in [0.25, 0.3) is 0 Å². The predicted octanol–water partition coefficient (Wildman–Crippen LogP) is 3.13. The Hall–Kier alpha value is -1.02. The molecule has 0 amide bonds. The molecule has 2 heteroatoms. The van der Waals surface area contributed by atoms with Crippen molar-refractivity contribution in [3.05, 3.63) is 29.3 Å². The largest absolute Gasteiger partial charge is 0.384 e. The summed E-state index contributed by atoms with van der Waals surface area (Å²) in [5, 5.41) is 3.45. The molecule has 2 rings (SSSR count). The first-order valence-corrected chi connectivity index (χ1v) is 6.77. The summed E-state index contributed by atoms with van der Waals surface area (Å²) in [6.07, 6.45) is 1.18. The summed E-state index contributed by atoms with van der Waals surface area (Å²) in [5.74, 6) is 0.738. The summed E-state index contributed by atoms with van der Waals surface area (Å²) in [6, 6.07) is 6.90. The molecule has 1 aliphatic rings. The third-order valence-corrected chi connectivity index (χ3v) is 3.36. The van der Waals surface area contributed by atoms with Crippen molar-refractivity contribution < 1.29 is 0 Å². The molecule has 94 valence electrons. The second-order valence-corrected chi connectivity index (χ2v) is 5.39. The second-order valence-electron chi connectivity index (χ2n) is 5.39. The maximum absolute atomic E-state index is 3.45. The standard InChI is InChI=1S/C15H24N2/c1-4-17(10-12(2)3)11-13-5-6-14-7-8-16-15(14)9-13/h5-6,9,12,16H,4,7-8,10-11H2,1-3H3. The third kappa shape index (κ3) is 3.22. The highest BCUT2D eigenvalue weighted by Crippen LogP contribution is 2.23. The quantitative estimate of drug-likeness (QED) is 0.839. The fourth-order valence-corrected chi connectivity index (χ4v) is 2.52. The van der Waals surface area contributed by atoms with Crippen LogP contribution in [0.4, 0.5) is 5.69 Å². The van der Waals surface area contributed by atoms with Gasteiger partial charge in [-0.15, -0.1) is 0 Å². The van der Waals surface area contributed by atoms with Crippen LogP contribution in [0.25, 0.3) is 0 Å². The van der Waals surface area contributed by atoms with Gasteiger partial charge in [-0.1, -0.05) is 32.9 Å². The monoisotopic (exact) mass is 232 g/mol. The zero-order valence-corrected chi connectivity index (χ0v) is 11.3. The Morgan fingerprint density at radius 1 is 1.35 bits per heavy atom. The van der Waals surface area contributed by atoms with E-state index in [0.29, 0.717) is 0 Å². The van der Waals surface area contributed by atoms with Crippen LogP contribution in [0.1, 0.15) is 31.9 Å². The third-order valence-electron chi connectivity index (χ3n) is 3.36. The summed E-state index contributed by atoms with van der Waals surface area (Å²) in [4.78, 5) is 2.52. The Balaban J connectivity index is 2.02. The van der Waals surface area contributed by atoms with Gasteiger partial charge in [0, 0.05) is 25.3 Å². The highest BCUT2D eigenvalue weighted by atomic mass is 15.1. The fraction of sp³-hybridized carbons (Fsp3) is 0.600. The molecule has 0 aliphatic carbocycles. The molecule has 1 aliphatic heterocycles. The van der Waals surface area contributed by atoms with Gasteiger partial charge < -0.3 is 5.32 Å². The second kappa shape index (κ2) is 5.54. The highest BCUT2D eigenvalue weighted by molar-refractivity contribution is 5.56. The molecule has 0 unspecified atom stereocenters. The van der Waals surface area contributed by atoms with Gasteiger partial charge in [-0.2, -0.15) is 0 Å². The number of hydrogen-bond donors (Lipinski definition) is 1. The average Bonchev–Trinajstić information content (AvgIpc) is 2.74. The normalized spacial score (nSPS) is 14.2. The molecule has 1 heterocycles. The summed E-state index contributed by atoms with van der Waals surface area (Å²) in [5.41, 5.74) is 4.25. The van der Waals surface area contributed by atoms with E-state index in [0.717, 1.165) is 25.6 Å². The van der Waals surface area contributed by atoms with Gasteiger partial charge in [-0.05, 0) is 36.1 Å². The van der Waals surface area contributed by atoms with E-state index in [4.69, 9.17) is 0 Å². The molecule has 0 fully saturated rings. The van der Waals surface area contributed by atoms with Gasteiger partial charge in [0.05, 0.1) is 0 Å². The fourth-order valence-electron chi connectivity index (χ4n) is 2.52. The SMILES string of the molecule is CCN(Cc1ccc2c(c1)NCC2)CC(C)C. The minimum Gasteiger partial charge on any atom is -0.384 e. The first kappa shape index (κ1) is 12.4. The van der Waals surface area contributed by atoms with E-state index in [1.165, 1.54) is 29.8 Å². The summed E-state index contributed by atoms with van der Waals surface area (Å²) in [6.45, 7) is 11.3. The summed E-state index contributed by atoms with van der Waals surface area (Å²) < 4.78 is 0. The number of fused-ring (bicyclic) bond motifs is 1. The molecular formula is C15H24N2. The zero-order chi connectivity index (χ0) is 12.3. The Labute approximate surface area is 105 Å². The zero-order valence-electron chi connectivity index (χ0n) is 11.3. The van der Waals surface area contributed by atoms with Crippen LogP contribution >= 0.6 is 0 Å². The van der Waals surface area contributed by atoms with Gasteiger partial charge >= 0.3 is 0 Å². The van der Waals surface area contributed by atoms with Crippen molar-refractivity contribution in [3.8, 4) is 0 Å². The Morgan fingerprint density at radius 3 is 2.88 bits per heavy atom. The lowest BCUT2D eigenvalue weighted by atomic mass is 10.1. The van der Waals surface area contributed by atoms with Crippen molar-refractivity contribution in [2.75, 3.05) is 25.0 Å². The molecule has 0 spiro atoms. The lowest BCUT2D eigenvalue weighted by Crippen LogP contribution is -2.27. The molecule has 0 saturated carbocycles. The Bertz CT molecular complexity index is 371. The number of nitrogens with one attached hydrogen (secondary N) is 1. The van der Waals surface area contributed by atoms with E-state index >= 15 is 0 Å². The van der Waals surface area contributed by atoms with E-state index < -0.39 is 0 Å². The molecule has 0 saturated heterocycles. The molecule has 0 aromatic heterocycles. The molecular weight excluding hydrogens is 208 g/mol. The number of hydrogen-bond acceptors (Lipinski definition) is 2. The summed E-state index contributed by atoms with van der Waals surface area (Å²) >= 11 is 0. The topological polar surface area (TPSA) is 15.3 Å². The maximum Gasteiger partial charge on any atom is 0.0376 e. The molecule has 17 heavy (non-hydrogen) atoms. The first-order chi connectivity index (χ1) is 8.19. The van der Waals surface area contributed by atoms with E-state index in [-0.39, 0.29) is 0 Å². The van der Waals surface area contributed by atoms with Crippen LogP contribution < -0.4 is 5.32 Å². The predicted molar refractivity (Wildman–Crippen MR) is 74.4 cm³/mol. The van der Waals surface area contributed by atoms with Crippen LogP contribution in [-0.2, 0) is 13.0 Å². The van der Waals surface area contributed by atoms with Crippen LogP contribution in [0.3, 0.4) is 0 Å². The number of nitrogens with zero attached hydrogens (tertiary/aromatic N) is 1. The minimum absolute atomic E-state index is 0.738. The van der Waals surface area contributed by atoms with Crippen molar-refractivity contribution >= 4 is 5.69 Å². The first-order valence-electron chi connectivity index (χ1n) is 6.77. The van der Waals surface area contributed by atoms with Crippen LogP contribution in [0.5, 0.6) is 0 Å². The molecule has 1 N–H and O–H groups in total. The van der Waals surface area contributed by atoms with Crippen LogP contribution in [-0.4, -0.2) is 24.5 Å². The molecule has 2 nitrogen and oxygen atoms in total. The van der Waals surface area contributed by atoms with E-state index in [1.54, 1.807) is 0 Å². The van der Waals surface area contributed by atoms with E-state index in [2.05, 4.69) is 49.2 Å². The van der Waals surface area contributed by atoms with Gasteiger partial charge in [-0.25, -0.2) is 0 Å². The minimum atomic E-state index is 0.738. The van der Waals surface area contributed by atoms with E-state index in [1.807, 2.05) is 0 Å². The van der Waals surface area contributed by atoms with Gasteiger partial charge in [0.1, 0.15) is 0 Å². The van der Waals surface area contributed by atoms with Gasteiger partial charge in [-0.3, -0.25) is 4.90 Å². The van der Waals surface area contributed by atoms with Crippen LogP contribution in [0.15, 0.2) is 18.2 Å². The number of anilines is 1. The van der Waals surface area contributed by atoms with Crippen LogP contribution in [0, 0.1) is 5.92 Å². The van der Waals surface area contributed by atoms with Crippen molar-refractivity contribution in [2.24, 2.45) is 5.92 Å². The van der Waals surface area contributed by atoms with E-state index in [9.17, 15) is 0 Å². The van der Waals surface area contributed by atoms with Crippen molar-refractivity contribution in [3.63, 3.8) is 0 Å². The number of benzene rings is 1. The molecule has 1 aromatic carbocycles. The molecule has 0 atom stereocenters. The van der Waals surface area contributed by atoms with Crippen molar-refractivity contribution in [1.82, 2.24) is 4.90 Å². The van der Waals surface area contributed by atoms with Crippen molar-refractivity contribution in [2.45, 2.75) is 33.7 Å². The molecule has 0 bridgehead atoms. The van der Waals surface area contributed by atoms with Gasteiger partial charge in [0.2, 0.25) is 0 Å². The van der Waals surface area contributed by atoms with Crippen LogP contribution in [0.2, 0.25) is 0 Å². The maximum atomic E-state index is 3.45.